The number of carboxylic acid groups (broad SMARTS) is 1. The van der Waals surface area contributed by atoms with Crippen LogP contribution in [0.3, 0.4) is 0 Å². The fraction of sp³-hybridized carbons (Fsp3) is 0.300. The third kappa shape index (κ3) is 4.54. The van der Waals surface area contributed by atoms with Gasteiger partial charge in [0.1, 0.15) is 23.7 Å². The second-order valence-electron chi connectivity index (χ2n) is 7.08. The quantitative estimate of drug-likeness (QED) is 0.205. The van der Waals surface area contributed by atoms with Crippen molar-refractivity contribution in [3.63, 3.8) is 0 Å². The molecule has 1 fully saturated rings. The highest BCUT2D eigenvalue weighted by Gasteiger charge is 2.53. The first-order valence-electron chi connectivity index (χ1n) is 9.95. The molecule has 2 aromatic heterocycles. The van der Waals surface area contributed by atoms with Gasteiger partial charge in [0.15, 0.2) is 29.8 Å². The van der Waals surface area contributed by atoms with E-state index in [0.717, 1.165) is 11.3 Å². The van der Waals surface area contributed by atoms with Crippen molar-refractivity contribution in [3.8, 4) is 0 Å². The van der Waals surface area contributed by atoms with Crippen molar-refractivity contribution in [1.29, 1.82) is 0 Å². The topological polar surface area (TPSA) is 154 Å². The van der Waals surface area contributed by atoms with Crippen LogP contribution in [0.15, 0.2) is 52.4 Å². The minimum Gasteiger partial charge on any atom is -0.543 e. The molecule has 0 radical (unpaired) electrons. The molecule has 13 heteroatoms. The highest BCUT2D eigenvalue weighted by molar-refractivity contribution is 8.00. The summed E-state index contributed by atoms with van der Waals surface area (Å²) in [6, 6.07) is 4.59. The fourth-order valence-corrected chi connectivity index (χ4v) is 5.38. The summed E-state index contributed by atoms with van der Waals surface area (Å²) >= 11 is 2.50. The van der Waals surface area contributed by atoms with Crippen LogP contribution in [0.25, 0.3) is 0 Å². The smallest absolute Gasteiger partial charge is 0.276 e. The molecular formula is C20H20N6O5S2. The second-order valence-corrected chi connectivity index (χ2v) is 9.07. The summed E-state index contributed by atoms with van der Waals surface area (Å²) in [5.41, 5.74) is 6.16. The molecule has 2 aliphatic heterocycles. The molecule has 2 atom stereocenters. The molecule has 2 aromatic rings. The van der Waals surface area contributed by atoms with Crippen LogP contribution < -0.4 is 20.7 Å². The van der Waals surface area contributed by atoms with Gasteiger partial charge in [0, 0.05) is 28.8 Å². The predicted octanol–water partition coefficient (Wildman–Crippen LogP) is -1.14. The van der Waals surface area contributed by atoms with E-state index < -0.39 is 29.2 Å². The molecule has 0 aromatic carbocycles. The summed E-state index contributed by atoms with van der Waals surface area (Å²) in [5.74, 6) is -2.27. The van der Waals surface area contributed by atoms with Crippen molar-refractivity contribution in [1.82, 2.24) is 15.2 Å². The Balaban J connectivity index is 1.53. The zero-order valence-electron chi connectivity index (χ0n) is 17.5. The van der Waals surface area contributed by atoms with Crippen molar-refractivity contribution in [3.05, 3.63) is 52.9 Å². The minimum absolute atomic E-state index is 0.117. The number of anilines is 1. The number of pyridine rings is 1. The molecule has 4 rings (SSSR count). The minimum atomic E-state index is -1.43. The van der Waals surface area contributed by atoms with Crippen molar-refractivity contribution >= 4 is 51.7 Å². The number of hydrogen-bond acceptors (Lipinski definition) is 10. The Morgan fingerprint density at radius 1 is 1.39 bits per heavy atom. The molecule has 0 aliphatic carbocycles. The van der Waals surface area contributed by atoms with E-state index in [1.165, 1.54) is 16.7 Å². The maximum Gasteiger partial charge on any atom is 0.276 e. The number of nitrogen functional groups attached to an aromatic ring is 1. The Labute approximate surface area is 196 Å². The van der Waals surface area contributed by atoms with Gasteiger partial charge in [0.2, 0.25) is 0 Å². The summed E-state index contributed by atoms with van der Waals surface area (Å²) in [4.78, 5) is 47.9. The van der Waals surface area contributed by atoms with Crippen LogP contribution >= 0.6 is 23.1 Å². The van der Waals surface area contributed by atoms with Crippen LogP contribution in [0.1, 0.15) is 12.6 Å². The molecule has 11 nitrogen and oxygen atoms in total. The highest BCUT2D eigenvalue weighted by atomic mass is 32.2. The van der Waals surface area contributed by atoms with Crippen LogP contribution in [-0.4, -0.2) is 57.2 Å². The molecule has 4 heterocycles. The van der Waals surface area contributed by atoms with Crippen LogP contribution in [0, 0.1) is 0 Å². The van der Waals surface area contributed by atoms with E-state index in [1.807, 2.05) is 35.2 Å². The number of rotatable bonds is 8. The molecule has 2 amide bonds. The first kappa shape index (κ1) is 22.7. The van der Waals surface area contributed by atoms with Gasteiger partial charge in [-0.1, -0.05) is 11.2 Å². The van der Waals surface area contributed by atoms with E-state index in [-0.39, 0.29) is 28.8 Å². The lowest BCUT2D eigenvalue weighted by Gasteiger charge is -2.50. The molecule has 0 saturated carbocycles. The molecule has 172 valence electrons. The van der Waals surface area contributed by atoms with Crippen LogP contribution in [0.2, 0.25) is 0 Å². The van der Waals surface area contributed by atoms with Gasteiger partial charge in [-0.15, -0.1) is 23.1 Å². The van der Waals surface area contributed by atoms with E-state index in [4.69, 9.17) is 10.6 Å². The number of hydrogen-bond donors (Lipinski definition) is 2. The average molecular weight is 489 g/mol. The maximum absolute atomic E-state index is 12.9. The molecule has 1 unspecified atom stereocenters. The number of nitrogens with zero attached hydrogens (tertiary/aromatic N) is 4. The lowest BCUT2D eigenvalue weighted by Crippen LogP contribution is -2.71. The molecule has 0 bridgehead atoms. The number of carboxylic acids is 1. The van der Waals surface area contributed by atoms with Gasteiger partial charge in [-0.05, 0) is 6.92 Å². The van der Waals surface area contributed by atoms with Gasteiger partial charge in [-0.2, -0.15) is 0 Å². The highest BCUT2D eigenvalue weighted by Crippen LogP contribution is 2.40. The Bertz CT molecular complexity index is 1150. The van der Waals surface area contributed by atoms with Gasteiger partial charge in [0.25, 0.3) is 11.8 Å². The van der Waals surface area contributed by atoms with E-state index in [9.17, 15) is 19.5 Å². The SMILES string of the molecule is CCON=C(C(=O)NC1C(=O)N2C(C(=O)[O-])=C(C[n+]3ccccc3)CS[C@H]12)c1csc(N)n1. The number of carbonyl (C=O) groups is 3. The van der Waals surface area contributed by atoms with Gasteiger partial charge < -0.3 is 25.8 Å². The van der Waals surface area contributed by atoms with E-state index >= 15 is 0 Å². The van der Waals surface area contributed by atoms with E-state index in [2.05, 4.69) is 15.5 Å². The van der Waals surface area contributed by atoms with Crippen LogP contribution in [-0.2, 0) is 25.8 Å². The monoisotopic (exact) mass is 488 g/mol. The number of thioether (sulfide) groups is 1. The number of aromatic nitrogens is 2. The third-order valence-electron chi connectivity index (χ3n) is 4.94. The largest absolute Gasteiger partial charge is 0.543 e. The second kappa shape index (κ2) is 9.58. The third-order valence-corrected chi connectivity index (χ3v) is 6.96. The number of thiazole rings is 1. The van der Waals surface area contributed by atoms with Crippen molar-refractivity contribution in [2.24, 2.45) is 5.16 Å². The normalized spacial score (nSPS) is 20.2. The lowest BCUT2D eigenvalue weighted by atomic mass is 10.0. The van der Waals surface area contributed by atoms with Gasteiger partial charge in [-0.25, -0.2) is 9.55 Å². The van der Waals surface area contributed by atoms with Crippen LogP contribution in [0.5, 0.6) is 0 Å². The summed E-state index contributed by atoms with van der Waals surface area (Å²) in [5, 5.41) is 19.6. The van der Waals surface area contributed by atoms with Crippen molar-refractivity contribution in [2.45, 2.75) is 24.9 Å². The maximum atomic E-state index is 12.9. The number of nitrogens with one attached hydrogen (secondary N) is 1. The zero-order chi connectivity index (χ0) is 23.5. The molecule has 3 N–H and O–H groups in total. The van der Waals surface area contributed by atoms with Gasteiger partial charge in [-0.3, -0.25) is 14.5 Å². The summed E-state index contributed by atoms with van der Waals surface area (Å²) in [6.07, 6.45) is 3.62. The number of aliphatic carboxylic acids is 1. The summed E-state index contributed by atoms with van der Waals surface area (Å²) < 4.78 is 1.82. The Kier molecular flexibility index (Phi) is 6.60. The Morgan fingerprint density at radius 2 is 2.15 bits per heavy atom. The molecule has 2 aliphatic rings. The summed E-state index contributed by atoms with van der Waals surface area (Å²) in [6.45, 7) is 2.24. The Hall–Kier alpha value is -3.45. The number of carbonyl (C=O) groups excluding carboxylic acids is 3. The number of oxime groups is 1. The van der Waals surface area contributed by atoms with Crippen LogP contribution in [0.4, 0.5) is 5.13 Å². The van der Waals surface area contributed by atoms with Gasteiger partial charge in [0.05, 0.1) is 11.7 Å². The summed E-state index contributed by atoms with van der Waals surface area (Å²) in [7, 11) is 0. The first-order valence-corrected chi connectivity index (χ1v) is 11.9. The fourth-order valence-electron chi connectivity index (χ4n) is 3.49. The molecular weight excluding hydrogens is 468 g/mol. The molecule has 0 spiro atoms. The molecule has 33 heavy (non-hydrogen) atoms. The number of amides is 2. The van der Waals surface area contributed by atoms with E-state index in [1.54, 1.807) is 12.3 Å². The zero-order valence-corrected chi connectivity index (χ0v) is 19.1. The number of fused-ring (bicyclic) bond motifs is 1. The van der Waals surface area contributed by atoms with Crippen molar-refractivity contribution < 1.29 is 28.9 Å². The van der Waals surface area contributed by atoms with E-state index in [0.29, 0.717) is 17.9 Å². The first-order chi connectivity index (χ1) is 15.9. The average Bonchev–Trinajstić information content (AvgIpc) is 3.23. The van der Waals surface area contributed by atoms with Gasteiger partial charge >= 0.3 is 0 Å². The number of β-lactam (4-membered cyclic amide) rings is 1. The lowest BCUT2D eigenvalue weighted by molar-refractivity contribution is -0.689. The standard InChI is InChI=1S/C20H20N6O5S2/c1-2-31-24-13(12-10-33-20(21)22-12)16(27)23-14-17(28)26-15(19(29)30)11(9-32-18(14)26)8-25-6-4-3-5-7-25/h3-7,10,14,18H,2,8-9H2,1H3,(H3-,21,22,23,27,29,30)/t14?,18-/m1/s1. The predicted molar refractivity (Wildman–Crippen MR) is 118 cm³/mol. The molecule has 1 saturated heterocycles. The van der Waals surface area contributed by atoms with Crippen molar-refractivity contribution in [2.75, 3.05) is 18.1 Å². The Morgan fingerprint density at radius 3 is 2.79 bits per heavy atom. The number of nitrogens with two attached hydrogens (primary N) is 1.